The molecule has 0 heterocycles. The molecule has 0 saturated heterocycles. The Balaban J connectivity index is 2.13. The molecule has 0 aliphatic heterocycles. The minimum Gasteiger partial charge on any atom is -0.494 e. The molecule has 1 aliphatic rings. The van der Waals surface area contributed by atoms with E-state index in [0.29, 0.717) is 29.7 Å². The van der Waals surface area contributed by atoms with Gasteiger partial charge < -0.3 is 9.84 Å². The fourth-order valence-electron chi connectivity index (χ4n) is 3.41. The lowest BCUT2D eigenvalue weighted by molar-refractivity contribution is -0.0330. The highest BCUT2D eigenvalue weighted by Crippen LogP contribution is 2.47. The van der Waals surface area contributed by atoms with Crippen LogP contribution in [0.15, 0.2) is 18.2 Å². The van der Waals surface area contributed by atoms with Crippen molar-refractivity contribution in [3.8, 4) is 5.75 Å². The van der Waals surface area contributed by atoms with Gasteiger partial charge >= 0.3 is 0 Å². The molecule has 2 nitrogen and oxygen atoms in total. The molecule has 1 aromatic rings. The Bertz CT molecular complexity index is 488. The van der Waals surface area contributed by atoms with Gasteiger partial charge in [0, 0.05) is 0 Å². The molecular weight excluding hydrogens is 267 g/mol. The molecule has 118 valence electrons. The van der Waals surface area contributed by atoms with E-state index < -0.39 is 11.4 Å². The molecule has 0 bridgehead atoms. The molecule has 0 aromatic heterocycles. The molecule has 21 heavy (non-hydrogen) atoms. The lowest BCUT2D eigenvalue weighted by Gasteiger charge is -2.42. The van der Waals surface area contributed by atoms with Crippen molar-refractivity contribution < 1.29 is 14.2 Å². The van der Waals surface area contributed by atoms with Gasteiger partial charge in [0.15, 0.2) is 11.6 Å². The first-order valence-electron chi connectivity index (χ1n) is 7.89. The predicted octanol–water partition coefficient (Wildman–Crippen LogP) is 4.65. The Labute approximate surface area is 127 Å². The third kappa shape index (κ3) is 3.23. The molecule has 2 rings (SSSR count). The van der Waals surface area contributed by atoms with Crippen molar-refractivity contribution in [3.63, 3.8) is 0 Å². The zero-order valence-corrected chi connectivity index (χ0v) is 13.6. The summed E-state index contributed by atoms with van der Waals surface area (Å²) in [5, 5.41) is 10.9. The molecule has 3 heteroatoms. The fraction of sp³-hybridized carbons (Fsp3) is 0.667. The number of hydrogen-bond donors (Lipinski definition) is 1. The number of ether oxygens (including phenoxy) is 1. The van der Waals surface area contributed by atoms with Crippen LogP contribution >= 0.6 is 0 Å². The number of halogens is 1. The maximum atomic E-state index is 13.9. The molecule has 0 unspecified atom stereocenters. The molecular formula is C18H27FO2. The second-order valence-corrected chi connectivity index (χ2v) is 7.00. The van der Waals surface area contributed by atoms with Crippen LogP contribution in [-0.2, 0) is 5.60 Å². The lowest BCUT2D eigenvalue weighted by atomic mass is 9.65. The summed E-state index contributed by atoms with van der Waals surface area (Å²) in [6, 6.07) is 4.81. The molecule has 0 amide bonds. The van der Waals surface area contributed by atoms with E-state index in [2.05, 4.69) is 20.8 Å². The van der Waals surface area contributed by atoms with Gasteiger partial charge in [-0.3, -0.25) is 0 Å². The number of rotatable bonds is 4. The van der Waals surface area contributed by atoms with E-state index in [1.165, 1.54) is 13.2 Å². The van der Waals surface area contributed by atoms with E-state index in [-0.39, 0.29) is 5.75 Å². The summed E-state index contributed by atoms with van der Waals surface area (Å²) in [5.74, 6) is 0.452. The van der Waals surface area contributed by atoms with Crippen LogP contribution in [0.1, 0.15) is 58.4 Å². The van der Waals surface area contributed by atoms with Gasteiger partial charge in [-0.15, -0.1) is 0 Å². The summed E-state index contributed by atoms with van der Waals surface area (Å²) in [6.07, 6.45) is 4.53. The van der Waals surface area contributed by atoms with Crippen molar-refractivity contribution in [2.45, 2.75) is 58.5 Å². The van der Waals surface area contributed by atoms with Crippen molar-refractivity contribution in [1.82, 2.24) is 0 Å². The average Bonchev–Trinajstić information content (AvgIpc) is 2.47. The van der Waals surface area contributed by atoms with Gasteiger partial charge in [-0.2, -0.15) is 0 Å². The molecule has 0 atom stereocenters. The van der Waals surface area contributed by atoms with Gasteiger partial charge in [0.05, 0.1) is 12.7 Å². The zero-order chi connectivity index (χ0) is 15.7. The molecule has 0 spiro atoms. The lowest BCUT2D eigenvalue weighted by Crippen LogP contribution is -2.36. The van der Waals surface area contributed by atoms with Crippen molar-refractivity contribution in [1.29, 1.82) is 0 Å². The summed E-state index contributed by atoms with van der Waals surface area (Å²) < 4.78 is 18.8. The van der Waals surface area contributed by atoms with E-state index in [9.17, 15) is 9.50 Å². The van der Waals surface area contributed by atoms with Gasteiger partial charge in [0.25, 0.3) is 0 Å². The Morgan fingerprint density at radius 1 is 1.33 bits per heavy atom. The van der Waals surface area contributed by atoms with Gasteiger partial charge in [-0.25, -0.2) is 4.39 Å². The van der Waals surface area contributed by atoms with Gasteiger partial charge in [-0.05, 0) is 54.7 Å². The Kier molecular flexibility index (Phi) is 4.62. The third-order valence-electron chi connectivity index (χ3n) is 5.52. The predicted molar refractivity (Wildman–Crippen MR) is 82.9 cm³/mol. The first-order chi connectivity index (χ1) is 9.82. The van der Waals surface area contributed by atoms with Gasteiger partial charge in [0.1, 0.15) is 0 Å². The maximum absolute atomic E-state index is 13.9. The normalized spacial score (nSPS) is 26.7. The summed E-state index contributed by atoms with van der Waals surface area (Å²) >= 11 is 0. The van der Waals surface area contributed by atoms with Crippen molar-refractivity contribution in [2.24, 2.45) is 11.3 Å². The summed E-state index contributed by atoms with van der Waals surface area (Å²) in [5.41, 5.74) is 0.0912. The Morgan fingerprint density at radius 3 is 2.43 bits per heavy atom. The first kappa shape index (κ1) is 16.3. The minimum atomic E-state index is -0.895. The van der Waals surface area contributed by atoms with Gasteiger partial charge in [-0.1, -0.05) is 33.3 Å². The first-order valence-corrected chi connectivity index (χ1v) is 7.89. The molecule has 0 radical (unpaired) electrons. The van der Waals surface area contributed by atoms with Crippen LogP contribution in [0.2, 0.25) is 0 Å². The van der Waals surface area contributed by atoms with Crippen LogP contribution in [0.25, 0.3) is 0 Å². The summed E-state index contributed by atoms with van der Waals surface area (Å²) in [7, 11) is 1.45. The highest BCUT2D eigenvalue weighted by molar-refractivity contribution is 5.32. The quantitative estimate of drug-likeness (QED) is 0.876. The van der Waals surface area contributed by atoms with Crippen molar-refractivity contribution in [3.05, 3.63) is 29.6 Å². The Hall–Kier alpha value is -1.09. The van der Waals surface area contributed by atoms with Crippen LogP contribution < -0.4 is 4.74 Å². The monoisotopic (exact) mass is 294 g/mol. The van der Waals surface area contributed by atoms with Gasteiger partial charge in [0.2, 0.25) is 0 Å². The molecule has 1 saturated carbocycles. The van der Waals surface area contributed by atoms with Crippen LogP contribution in [-0.4, -0.2) is 12.2 Å². The largest absolute Gasteiger partial charge is 0.494 e. The third-order valence-corrected chi connectivity index (χ3v) is 5.52. The van der Waals surface area contributed by atoms with E-state index in [4.69, 9.17) is 4.74 Å². The second-order valence-electron chi connectivity index (χ2n) is 7.00. The standard InChI is InChI=1S/C18H27FO2/c1-5-17(2,3)13-8-10-18(20,11-9-13)14-6-7-16(21-4)15(19)12-14/h6-7,12-13,20H,5,8-11H2,1-4H3. The number of hydrogen-bond acceptors (Lipinski definition) is 2. The number of methoxy groups -OCH3 is 1. The maximum Gasteiger partial charge on any atom is 0.165 e. The highest BCUT2D eigenvalue weighted by Gasteiger charge is 2.39. The number of benzene rings is 1. The van der Waals surface area contributed by atoms with Crippen LogP contribution in [0.4, 0.5) is 4.39 Å². The van der Waals surface area contributed by atoms with E-state index in [0.717, 1.165) is 19.3 Å². The second kappa shape index (κ2) is 5.96. The van der Waals surface area contributed by atoms with Crippen LogP contribution in [0.5, 0.6) is 5.75 Å². The van der Waals surface area contributed by atoms with E-state index in [1.807, 2.05) is 0 Å². The molecule has 1 aliphatic carbocycles. The summed E-state index contributed by atoms with van der Waals surface area (Å²) in [4.78, 5) is 0. The molecule has 1 aromatic carbocycles. The number of aliphatic hydroxyl groups is 1. The molecule has 1 N–H and O–H groups in total. The SMILES string of the molecule is CCC(C)(C)C1CCC(O)(c2ccc(OC)c(F)c2)CC1. The summed E-state index contributed by atoms with van der Waals surface area (Å²) in [6.45, 7) is 6.82. The smallest absolute Gasteiger partial charge is 0.165 e. The average molecular weight is 294 g/mol. The topological polar surface area (TPSA) is 29.5 Å². The highest BCUT2D eigenvalue weighted by atomic mass is 19.1. The van der Waals surface area contributed by atoms with Crippen LogP contribution in [0, 0.1) is 17.2 Å². The van der Waals surface area contributed by atoms with E-state index in [1.54, 1.807) is 12.1 Å². The van der Waals surface area contributed by atoms with Crippen molar-refractivity contribution >= 4 is 0 Å². The zero-order valence-electron chi connectivity index (χ0n) is 13.6. The minimum absolute atomic E-state index is 0.225. The Morgan fingerprint density at radius 2 is 1.95 bits per heavy atom. The van der Waals surface area contributed by atoms with Crippen molar-refractivity contribution in [2.75, 3.05) is 7.11 Å². The van der Waals surface area contributed by atoms with Crippen LogP contribution in [0.3, 0.4) is 0 Å². The molecule has 1 fully saturated rings. The fourth-order valence-corrected chi connectivity index (χ4v) is 3.41. The van der Waals surface area contributed by atoms with E-state index >= 15 is 0 Å².